The van der Waals surface area contributed by atoms with E-state index in [-0.39, 0.29) is 0 Å². The van der Waals surface area contributed by atoms with Crippen molar-refractivity contribution in [1.82, 2.24) is 14.6 Å². The molecule has 0 amide bonds. The van der Waals surface area contributed by atoms with Gasteiger partial charge in [-0.2, -0.15) is 5.10 Å². The van der Waals surface area contributed by atoms with E-state index in [0.717, 1.165) is 16.8 Å². The Morgan fingerprint density at radius 2 is 2.00 bits per heavy atom. The fourth-order valence-electron chi connectivity index (χ4n) is 1.39. The Labute approximate surface area is 73.4 Å². The highest BCUT2D eigenvalue weighted by Crippen LogP contribution is 1.86. The van der Waals surface area contributed by atoms with Crippen molar-refractivity contribution >= 4 is 45.8 Å². The van der Waals surface area contributed by atoms with Gasteiger partial charge < -0.3 is 0 Å². The lowest BCUT2D eigenvalue weighted by molar-refractivity contribution is 0.988. The molecule has 56 valence electrons. The van der Waals surface area contributed by atoms with Crippen LogP contribution in [0.25, 0.3) is 5.65 Å². The number of rotatable bonds is 0. The molecule has 0 saturated carbocycles. The quantitative estimate of drug-likeness (QED) is 0.358. The highest BCUT2D eigenvalue weighted by Gasteiger charge is 2.02. The summed E-state index contributed by atoms with van der Waals surface area (Å²) in [5.41, 5.74) is 4.24. The Bertz CT molecular complexity index is 437. The number of nitrogens with zero attached hydrogens (tertiary/aromatic N) is 3. The van der Waals surface area contributed by atoms with Crippen LogP contribution in [0.1, 0.15) is 0 Å². The molecule has 2 rings (SSSR count). The van der Waals surface area contributed by atoms with Crippen molar-refractivity contribution in [2.45, 2.75) is 0 Å². The Kier molecular flexibility index (Phi) is 1.49. The van der Waals surface area contributed by atoms with Gasteiger partial charge >= 0.3 is 0 Å². The topological polar surface area (TPSA) is 30.2 Å². The highest BCUT2D eigenvalue weighted by atomic mass is 15.2. The first-order chi connectivity index (χ1) is 5.68. The molecule has 6 heteroatoms. The molecule has 0 saturated heterocycles. The van der Waals surface area contributed by atoms with Crippen LogP contribution in [0.5, 0.6) is 0 Å². The van der Waals surface area contributed by atoms with E-state index in [9.17, 15) is 0 Å². The van der Waals surface area contributed by atoms with Crippen LogP contribution in [0.3, 0.4) is 0 Å². The second-order valence-electron chi connectivity index (χ2n) is 3.10. The Hall–Kier alpha value is -1.19. The maximum atomic E-state index is 4.35. The molecule has 12 heavy (non-hydrogen) atoms. The molecule has 2 aromatic rings. The van der Waals surface area contributed by atoms with Crippen molar-refractivity contribution in [3.63, 3.8) is 0 Å². The molecule has 0 aliphatic heterocycles. The normalized spacial score (nSPS) is 10.7. The molecule has 0 aliphatic carbocycles. The predicted molar refractivity (Wildman–Crippen MR) is 57.5 cm³/mol. The van der Waals surface area contributed by atoms with Crippen LogP contribution >= 0.6 is 0 Å². The molecule has 0 unspecified atom stereocenters. The number of hydrogen-bond donors (Lipinski definition) is 0. The third-order valence-electron chi connectivity index (χ3n) is 1.94. The van der Waals surface area contributed by atoms with Gasteiger partial charge in [-0.25, -0.2) is 9.50 Å². The van der Waals surface area contributed by atoms with Gasteiger partial charge in [0, 0.05) is 17.4 Å². The molecule has 0 bridgehead atoms. The average molecular weight is 155 g/mol. The first-order valence-corrected chi connectivity index (χ1v) is 3.97. The predicted octanol–water partition coefficient (Wildman–Crippen LogP) is -4.50. The molecule has 2 aromatic heterocycles. The van der Waals surface area contributed by atoms with Gasteiger partial charge in [0.05, 0.1) is 0 Å². The number of imidazole rings is 1. The lowest BCUT2D eigenvalue weighted by Crippen LogP contribution is -2.26. The van der Waals surface area contributed by atoms with Gasteiger partial charge in [0.1, 0.15) is 13.5 Å². The molecular weight excluding hydrogens is 147 g/mol. The van der Waals surface area contributed by atoms with E-state index in [0.29, 0.717) is 0 Å². The van der Waals surface area contributed by atoms with Crippen molar-refractivity contribution < 1.29 is 0 Å². The van der Waals surface area contributed by atoms with E-state index in [1.54, 1.807) is 0 Å². The van der Waals surface area contributed by atoms with E-state index >= 15 is 0 Å². The highest BCUT2D eigenvalue weighted by molar-refractivity contribution is 6.40. The first-order valence-electron chi connectivity index (χ1n) is 3.97. The number of hydrogen-bond acceptors (Lipinski definition) is 2. The van der Waals surface area contributed by atoms with Crippen molar-refractivity contribution in [2.24, 2.45) is 0 Å². The van der Waals surface area contributed by atoms with E-state index in [1.165, 1.54) is 5.46 Å². The van der Waals surface area contributed by atoms with Crippen LogP contribution in [0.15, 0.2) is 12.3 Å². The van der Waals surface area contributed by atoms with E-state index in [1.807, 2.05) is 32.5 Å². The lowest BCUT2D eigenvalue weighted by Gasteiger charge is -2.00. The maximum absolute atomic E-state index is 4.35. The Morgan fingerprint density at radius 1 is 1.25 bits per heavy atom. The smallest absolute Gasteiger partial charge is 0.166 e. The van der Waals surface area contributed by atoms with Crippen molar-refractivity contribution in [3.8, 4) is 0 Å². The van der Waals surface area contributed by atoms with Crippen molar-refractivity contribution in [3.05, 3.63) is 12.3 Å². The minimum absolute atomic E-state index is 0.957. The zero-order valence-corrected chi connectivity index (χ0v) is 7.50. The maximum Gasteiger partial charge on any atom is 0.166 e. The SMILES string of the molecule is Bc1cc(B)c2ncc(B)n2n1. The van der Waals surface area contributed by atoms with Gasteiger partial charge in [0.2, 0.25) is 0 Å². The van der Waals surface area contributed by atoms with Gasteiger partial charge in [0.25, 0.3) is 0 Å². The third kappa shape index (κ3) is 0.949. The largest absolute Gasteiger partial charge is 0.237 e. The van der Waals surface area contributed by atoms with Crippen molar-refractivity contribution in [1.29, 1.82) is 0 Å². The average Bonchev–Trinajstić information content (AvgIpc) is 2.33. The summed E-state index contributed by atoms with van der Waals surface area (Å²) in [5, 5.41) is 4.35. The van der Waals surface area contributed by atoms with Crippen molar-refractivity contribution in [2.75, 3.05) is 0 Å². The van der Waals surface area contributed by atoms with Crippen LogP contribution in [-0.2, 0) is 0 Å². The summed E-state index contributed by atoms with van der Waals surface area (Å²) in [5.74, 6) is 0. The second-order valence-corrected chi connectivity index (χ2v) is 3.10. The summed E-state index contributed by atoms with van der Waals surface area (Å²) in [6, 6.07) is 2.04. The van der Waals surface area contributed by atoms with Gasteiger partial charge in [-0.1, -0.05) is 6.07 Å². The summed E-state index contributed by atoms with van der Waals surface area (Å²) in [6.45, 7) is 0. The first kappa shape index (κ1) is 7.46. The molecule has 0 radical (unpaired) electrons. The molecule has 0 N–H and O–H groups in total. The molecule has 0 aromatic carbocycles. The molecule has 2 heterocycles. The molecule has 0 atom stereocenters. The van der Waals surface area contributed by atoms with Crippen LogP contribution < -0.4 is 16.6 Å². The van der Waals surface area contributed by atoms with Gasteiger partial charge in [-0.3, -0.25) is 0 Å². The Balaban J connectivity index is 2.92. The molecule has 0 aliphatic rings. The summed E-state index contributed by atoms with van der Waals surface area (Å²) >= 11 is 0. The molecule has 3 nitrogen and oxygen atoms in total. The summed E-state index contributed by atoms with van der Waals surface area (Å²) in [7, 11) is 6.05. The lowest BCUT2D eigenvalue weighted by atomic mass is 9.93. The van der Waals surface area contributed by atoms with E-state index in [4.69, 9.17) is 0 Å². The fourth-order valence-corrected chi connectivity index (χ4v) is 1.39. The Morgan fingerprint density at radius 3 is 2.75 bits per heavy atom. The van der Waals surface area contributed by atoms with E-state index < -0.39 is 0 Å². The zero-order valence-electron chi connectivity index (χ0n) is 7.50. The van der Waals surface area contributed by atoms with Gasteiger partial charge in [0.15, 0.2) is 15.7 Å². The van der Waals surface area contributed by atoms with Crippen LogP contribution in [0.2, 0.25) is 0 Å². The van der Waals surface area contributed by atoms with Gasteiger partial charge in [-0.05, 0) is 5.46 Å². The summed E-state index contributed by atoms with van der Waals surface area (Å²) < 4.78 is 1.88. The van der Waals surface area contributed by atoms with Crippen LogP contribution in [-0.4, -0.2) is 38.1 Å². The molecular formula is C6H8B3N3. The number of fused-ring (bicyclic) bond motifs is 1. The minimum Gasteiger partial charge on any atom is -0.237 e. The van der Waals surface area contributed by atoms with Crippen LogP contribution in [0.4, 0.5) is 0 Å². The molecule has 0 fully saturated rings. The monoisotopic (exact) mass is 155 g/mol. The summed E-state index contributed by atoms with van der Waals surface area (Å²) in [4.78, 5) is 4.26. The fraction of sp³-hybridized carbons (Fsp3) is 0. The minimum atomic E-state index is 0.957. The second kappa shape index (κ2) is 2.40. The van der Waals surface area contributed by atoms with E-state index in [2.05, 4.69) is 17.9 Å². The van der Waals surface area contributed by atoms with Gasteiger partial charge in [-0.15, -0.1) is 0 Å². The van der Waals surface area contributed by atoms with Crippen LogP contribution in [0, 0.1) is 0 Å². The standard InChI is InChI=1S/C6H8B3N3/c7-3-1-4(8)11-12-5(9)2-10-6(3)12/h1-2H,7-9H2. The third-order valence-corrected chi connectivity index (χ3v) is 1.94. The summed E-state index contributed by atoms with van der Waals surface area (Å²) in [6.07, 6.45) is 1.84. The number of aromatic nitrogens is 3. The zero-order chi connectivity index (χ0) is 8.72. The molecule has 0 spiro atoms.